The molecule has 2 aromatic carbocycles. The lowest BCUT2D eigenvalue weighted by atomic mass is 10.2. The third-order valence-corrected chi connectivity index (χ3v) is 3.33. The van der Waals surface area contributed by atoms with Crippen molar-refractivity contribution in [3.8, 4) is 0 Å². The summed E-state index contributed by atoms with van der Waals surface area (Å²) in [5.41, 5.74) is 7.30. The van der Waals surface area contributed by atoms with Crippen molar-refractivity contribution in [1.29, 1.82) is 0 Å². The fraction of sp³-hybridized carbons (Fsp3) is 0. The zero-order chi connectivity index (χ0) is 13.3. The van der Waals surface area contributed by atoms with E-state index in [0.717, 1.165) is 0 Å². The monoisotopic (exact) mass is 304 g/mol. The Morgan fingerprint density at radius 2 is 1.56 bits per heavy atom. The lowest BCUT2D eigenvalue weighted by molar-refractivity contribution is 0.628. The minimum atomic E-state index is -0.410. The minimum Gasteiger partial charge on any atom is -0.397 e. The molecule has 0 fully saturated rings. The summed E-state index contributed by atoms with van der Waals surface area (Å²) < 4.78 is 12.9. The molecule has 94 valence electrons. The van der Waals surface area contributed by atoms with Gasteiger partial charge in [-0.2, -0.15) is 0 Å². The number of nitrogens with two attached hydrogens (primary N) is 1. The van der Waals surface area contributed by atoms with Gasteiger partial charge in [-0.25, -0.2) is 4.39 Å². The van der Waals surface area contributed by atoms with Gasteiger partial charge in [-0.15, -0.1) is 0 Å². The Balaban J connectivity index is 2.37. The summed E-state index contributed by atoms with van der Waals surface area (Å²) in [6.07, 6.45) is 0. The number of nitrogens with one attached hydrogen (secondary N) is 1. The van der Waals surface area contributed by atoms with Gasteiger partial charge in [0.15, 0.2) is 0 Å². The fourth-order valence-electron chi connectivity index (χ4n) is 1.41. The molecule has 0 spiro atoms. The summed E-state index contributed by atoms with van der Waals surface area (Å²) >= 11 is 17.6. The summed E-state index contributed by atoms with van der Waals surface area (Å²) in [7, 11) is 0. The van der Waals surface area contributed by atoms with Crippen LogP contribution in [0.5, 0.6) is 0 Å². The van der Waals surface area contributed by atoms with Crippen molar-refractivity contribution < 1.29 is 4.39 Å². The van der Waals surface area contributed by atoms with Gasteiger partial charge in [-0.1, -0.05) is 34.8 Å². The first-order chi connectivity index (χ1) is 8.47. The van der Waals surface area contributed by atoms with E-state index in [1.165, 1.54) is 24.3 Å². The van der Waals surface area contributed by atoms with Crippen molar-refractivity contribution >= 4 is 51.9 Å². The number of anilines is 3. The van der Waals surface area contributed by atoms with Gasteiger partial charge in [0.25, 0.3) is 0 Å². The van der Waals surface area contributed by atoms with E-state index in [4.69, 9.17) is 40.5 Å². The third kappa shape index (κ3) is 2.80. The van der Waals surface area contributed by atoms with E-state index in [0.29, 0.717) is 27.1 Å². The van der Waals surface area contributed by atoms with Crippen LogP contribution >= 0.6 is 34.8 Å². The van der Waals surface area contributed by atoms with Crippen LogP contribution in [0.4, 0.5) is 21.5 Å². The molecule has 0 saturated heterocycles. The van der Waals surface area contributed by atoms with Crippen LogP contribution in [0.25, 0.3) is 0 Å². The SMILES string of the molecule is Nc1cc(Cl)c(Cl)cc1Nc1ccc(F)cc1Cl. The maximum absolute atomic E-state index is 12.9. The highest BCUT2D eigenvalue weighted by atomic mass is 35.5. The Labute approximate surface area is 118 Å². The molecule has 6 heteroatoms. The molecular formula is C12H8Cl3FN2. The topological polar surface area (TPSA) is 38.0 Å². The van der Waals surface area contributed by atoms with Crippen LogP contribution in [0.15, 0.2) is 30.3 Å². The molecule has 2 aromatic rings. The first-order valence-electron chi connectivity index (χ1n) is 4.94. The molecule has 0 radical (unpaired) electrons. The maximum Gasteiger partial charge on any atom is 0.124 e. The minimum absolute atomic E-state index is 0.250. The zero-order valence-electron chi connectivity index (χ0n) is 8.98. The van der Waals surface area contributed by atoms with E-state index < -0.39 is 5.82 Å². The summed E-state index contributed by atoms with van der Waals surface area (Å²) in [4.78, 5) is 0. The van der Waals surface area contributed by atoms with Gasteiger partial charge in [0.1, 0.15) is 5.82 Å². The smallest absolute Gasteiger partial charge is 0.124 e. The number of hydrogen-bond donors (Lipinski definition) is 2. The molecule has 0 amide bonds. The highest BCUT2D eigenvalue weighted by molar-refractivity contribution is 6.42. The summed E-state index contributed by atoms with van der Waals surface area (Å²) in [6.45, 7) is 0. The van der Waals surface area contributed by atoms with Crippen LogP contribution in [-0.4, -0.2) is 0 Å². The van der Waals surface area contributed by atoms with Crippen molar-refractivity contribution in [3.05, 3.63) is 51.2 Å². The van der Waals surface area contributed by atoms with Crippen LogP contribution in [0.1, 0.15) is 0 Å². The molecule has 0 aliphatic heterocycles. The van der Waals surface area contributed by atoms with Gasteiger partial charge in [-0.3, -0.25) is 0 Å². The predicted octanol–water partition coefficient (Wildman–Crippen LogP) is 5.11. The van der Waals surface area contributed by atoms with Crippen LogP contribution in [0.2, 0.25) is 15.1 Å². The van der Waals surface area contributed by atoms with Crippen molar-refractivity contribution in [3.63, 3.8) is 0 Å². The second-order valence-electron chi connectivity index (χ2n) is 3.60. The van der Waals surface area contributed by atoms with Crippen LogP contribution in [0.3, 0.4) is 0 Å². The van der Waals surface area contributed by atoms with E-state index in [2.05, 4.69) is 5.32 Å². The Hall–Kier alpha value is -1.16. The first kappa shape index (κ1) is 13.3. The summed E-state index contributed by atoms with van der Waals surface area (Å²) in [5.74, 6) is -0.410. The van der Waals surface area contributed by atoms with Crippen LogP contribution in [0, 0.1) is 5.82 Å². The van der Waals surface area contributed by atoms with Gasteiger partial charge in [0, 0.05) is 0 Å². The molecule has 0 bridgehead atoms. The Morgan fingerprint density at radius 1 is 0.889 bits per heavy atom. The van der Waals surface area contributed by atoms with Crippen molar-refractivity contribution in [2.75, 3.05) is 11.1 Å². The van der Waals surface area contributed by atoms with Gasteiger partial charge >= 0.3 is 0 Å². The lowest BCUT2D eigenvalue weighted by Gasteiger charge is -2.12. The average molecular weight is 306 g/mol. The number of rotatable bonds is 2. The van der Waals surface area contributed by atoms with E-state index in [9.17, 15) is 4.39 Å². The van der Waals surface area contributed by atoms with Crippen LogP contribution < -0.4 is 11.1 Å². The molecule has 0 saturated carbocycles. The highest BCUT2D eigenvalue weighted by Crippen LogP contribution is 2.34. The Morgan fingerprint density at radius 3 is 2.22 bits per heavy atom. The molecule has 2 rings (SSSR count). The summed E-state index contributed by atoms with van der Waals surface area (Å²) in [6, 6.07) is 7.13. The van der Waals surface area contributed by atoms with E-state index >= 15 is 0 Å². The molecule has 0 aliphatic rings. The van der Waals surface area contributed by atoms with Gasteiger partial charge in [0.05, 0.1) is 32.1 Å². The quantitative estimate of drug-likeness (QED) is 0.756. The van der Waals surface area contributed by atoms with Gasteiger partial charge in [0.2, 0.25) is 0 Å². The molecule has 0 atom stereocenters. The van der Waals surface area contributed by atoms with E-state index in [1.54, 1.807) is 6.07 Å². The predicted molar refractivity (Wildman–Crippen MR) is 75.6 cm³/mol. The molecule has 3 N–H and O–H groups in total. The number of halogens is 4. The molecule has 0 aliphatic carbocycles. The lowest BCUT2D eigenvalue weighted by Crippen LogP contribution is -1.97. The average Bonchev–Trinajstić information content (AvgIpc) is 2.29. The number of benzene rings is 2. The van der Waals surface area contributed by atoms with E-state index in [-0.39, 0.29) is 5.02 Å². The normalized spacial score (nSPS) is 10.4. The first-order valence-corrected chi connectivity index (χ1v) is 6.07. The zero-order valence-corrected chi connectivity index (χ0v) is 11.2. The Kier molecular flexibility index (Phi) is 3.85. The van der Waals surface area contributed by atoms with Crippen molar-refractivity contribution in [1.82, 2.24) is 0 Å². The fourth-order valence-corrected chi connectivity index (χ4v) is 1.96. The number of hydrogen-bond acceptors (Lipinski definition) is 2. The van der Waals surface area contributed by atoms with Crippen molar-refractivity contribution in [2.45, 2.75) is 0 Å². The molecule has 0 aromatic heterocycles. The summed E-state index contributed by atoms with van der Waals surface area (Å²) in [5, 5.41) is 3.95. The standard InChI is InChI=1S/C12H8Cl3FN2/c13-7-4-10(17)12(5-8(7)14)18-11-2-1-6(16)3-9(11)15/h1-5,18H,17H2. The van der Waals surface area contributed by atoms with Crippen molar-refractivity contribution in [2.24, 2.45) is 0 Å². The molecule has 0 unspecified atom stereocenters. The Bertz CT molecular complexity index is 602. The largest absolute Gasteiger partial charge is 0.397 e. The highest BCUT2D eigenvalue weighted by Gasteiger charge is 2.08. The molecule has 0 heterocycles. The van der Waals surface area contributed by atoms with Gasteiger partial charge < -0.3 is 11.1 Å². The molecule has 2 nitrogen and oxygen atoms in total. The molecular weight excluding hydrogens is 298 g/mol. The maximum atomic E-state index is 12.9. The van der Waals surface area contributed by atoms with Crippen LogP contribution in [-0.2, 0) is 0 Å². The second kappa shape index (κ2) is 5.22. The third-order valence-electron chi connectivity index (χ3n) is 2.29. The van der Waals surface area contributed by atoms with E-state index in [1.807, 2.05) is 0 Å². The number of nitrogen functional groups attached to an aromatic ring is 1. The second-order valence-corrected chi connectivity index (χ2v) is 4.82. The molecule has 18 heavy (non-hydrogen) atoms. The van der Waals surface area contributed by atoms with Gasteiger partial charge in [-0.05, 0) is 30.3 Å².